The van der Waals surface area contributed by atoms with Gasteiger partial charge in [0.05, 0.1) is 0 Å². The number of hydrogen-bond donors (Lipinski definition) is 1. The summed E-state index contributed by atoms with van der Waals surface area (Å²) in [7, 11) is 1.88. The molecule has 0 radical (unpaired) electrons. The molecule has 0 aliphatic heterocycles. The van der Waals surface area contributed by atoms with Crippen molar-refractivity contribution < 1.29 is 12.4 Å². The van der Waals surface area contributed by atoms with Crippen LogP contribution in [0, 0.1) is 0 Å². The van der Waals surface area contributed by atoms with E-state index in [1.54, 1.807) is 0 Å². The lowest BCUT2D eigenvalue weighted by Crippen LogP contribution is -3.00. The topological polar surface area (TPSA) is 24.4 Å². The number of aliphatic imine (C=N–C) groups is 1. The van der Waals surface area contributed by atoms with E-state index in [-0.39, 0.29) is 12.4 Å². The highest BCUT2D eigenvalue weighted by molar-refractivity contribution is 8.13. The Morgan fingerprint density at radius 2 is 1.89 bits per heavy atom. The summed E-state index contributed by atoms with van der Waals surface area (Å²) in [5.74, 6) is 0.993. The molecular weight excluding hydrogens is 276 g/mol. The van der Waals surface area contributed by atoms with Crippen LogP contribution in [0.1, 0.15) is 37.7 Å². The number of nitrogens with zero attached hydrogens (tertiary/aromatic N) is 1. The third kappa shape index (κ3) is 5.87. The Hall–Kier alpha value is -0.670. The Bertz CT molecular complexity index is 375. The van der Waals surface area contributed by atoms with E-state index in [2.05, 4.69) is 40.6 Å². The molecule has 106 valence electrons. The van der Waals surface area contributed by atoms with E-state index in [0.29, 0.717) is 6.04 Å². The molecule has 1 N–H and O–H groups in total. The minimum atomic E-state index is 0. The number of thioether (sulfide) groups is 1. The molecule has 0 amide bonds. The second-order valence-electron chi connectivity index (χ2n) is 4.78. The van der Waals surface area contributed by atoms with Gasteiger partial charge in [0.1, 0.15) is 0 Å². The quantitative estimate of drug-likeness (QED) is 0.660. The van der Waals surface area contributed by atoms with Gasteiger partial charge in [0.15, 0.2) is 5.17 Å². The monoisotopic (exact) mass is 297 g/mol. The number of rotatable bonds is 3. The van der Waals surface area contributed by atoms with Crippen LogP contribution in [0.25, 0.3) is 0 Å². The van der Waals surface area contributed by atoms with Crippen molar-refractivity contribution in [3.05, 3.63) is 35.9 Å². The Kier molecular flexibility index (Phi) is 7.99. The van der Waals surface area contributed by atoms with Gasteiger partial charge in [-0.2, -0.15) is 0 Å². The first kappa shape index (κ1) is 16.4. The molecule has 0 bridgehead atoms. The van der Waals surface area contributed by atoms with Crippen LogP contribution in [0.5, 0.6) is 0 Å². The zero-order valence-corrected chi connectivity index (χ0v) is 13.0. The van der Waals surface area contributed by atoms with Crippen molar-refractivity contribution in [1.82, 2.24) is 5.32 Å². The maximum absolute atomic E-state index is 4.37. The summed E-state index contributed by atoms with van der Waals surface area (Å²) in [6.07, 6.45) is 6.71. The minimum absolute atomic E-state index is 0. The first-order chi connectivity index (χ1) is 8.88. The van der Waals surface area contributed by atoms with E-state index in [4.69, 9.17) is 0 Å². The molecular formula is C15H22ClN2S-. The van der Waals surface area contributed by atoms with E-state index in [1.807, 2.05) is 18.8 Å². The second-order valence-corrected chi connectivity index (χ2v) is 5.75. The fourth-order valence-corrected chi connectivity index (χ4v) is 3.19. The maximum atomic E-state index is 4.37. The summed E-state index contributed by atoms with van der Waals surface area (Å²) < 4.78 is 0. The van der Waals surface area contributed by atoms with Crippen LogP contribution in [0.15, 0.2) is 35.3 Å². The highest BCUT2D eigenvalue weighted by Crippen LogP contribution is 2.19. The Balaban J connectivity index is 0.00000180. The normalized spacial score (nSPS) is 16.8. The molecule has 2 nitrogen and oxygen atoms in total. The van der Waals surface area contributed by atoms with Crippen molar-refractivity contribution in [2.45, 2.75) is 43.9 Å². The third-order valence-corrected chi connectivity index (χ3v) is 4.41. The smallest absolute Gasteiger partial charge is 0.156 e. The zero-order valence-electron chi connectivity index (χ0n) is 11.4. The molecule has 1 fully saturated rings. The summed E-state index contributed by atoms with van der Waals surface area (Å²) >= 11 is 1.81. The van der Waals surface area contributed by atoms with Gasteiger partial charge >= 0.3 is 0 Å². The molecule has 0 atom stereocenters. The van der Waals surface area contributed by atoms with E-state index >= 15 is 0 Å². The predicted molar refractivity (Wildman–Crippen MR) is 81.1 cm³/mol. The Morgan fingerprint density at radius 3 is 2.53 bits per heavy atom. The molecule has 0 saturated heterocycles. The maximum Gasteiger partial charge on any atom is 0.156 e. The van der Waals surface area contributed by atoms with Gasteiger partial charge in [-0.15, -0.1) is 0 Å². The molecule has 19 heavy (non-hydrogen) atoms. The number of amidine groups is 1. The third-order valence-electron chi connectivity index (χ3n) is 3.35. The van der Waals surface area contributed by atoms with E-state index in [9.17, 15) is 0 Å². The van der Waals surface area contributed by atoms with Crippen molar-refractivity contribution >= 4 is 16.9 Å². The summed E-state index contributed by atoms with van der Waals surface area (Å²) in [5.41, 5.74) is 1.36. The van der Waals surface area contributed by atoms with Gasteiger partial charge in [0, 0.05) is 18.8 Å². The summed E-state index contributed by atoms with van der Waals surface area (Å²) in [4.78, 5) is 4.37. The molecule has 1 aromatic carbocycles. The molecule has 0 unspecified atom stereocenters. The van der Waals surface area contributed by atoms with Crippen molar-refractivity contribution in [3.8, 4) is 0 Å². The first-order valence-electron chi connectivity index (χ1n) is 6.78. The first-order valence-corrected chi connectivity index (χ1v) is 7.77. The fourth-order valence-electron chi connectivity index (χ4n) is 2.32. The van der Waals surface area contributed by atoms with Crippen LogP contribution in [0.3, 0.4) is 0 Å². The van der Waals surface area contributed by atoms with Gasteiger partial charge in [-0.25, -0.2) is 0 Å². The molecule has 0 aromatic heterocycles. The van der Waals surface area contributed by atoms with Crippen LogP contribution in [-0.4, -0.2) is 18.3 Å². The fraction of sp³-hybridized carbons (Fsp3) is 0.533. The van der Waals surface area contributed by atoms with Crippen LogP contribution in [0.2, 0.25) is 0 Å². The van der Waals surface area contributed by atoms with Gasteiger partial charge in [-0.3, -0.25) is 4.99 Å². The van der Waals surface area contributed by atoms with Gasteiger partial charge in [-0.1, -0.05) is 61.4 Å². The van der Waals surface area contributed by atoms with E-state index in [1.165, 1.54) is 37.7 Å². The zero-order chi connectivity index (χ0) is 12.6. The van der Waals surface area contributed by atoms with E-state index in [0.717, 1.165) is 10.9 Å². The molecule has 1 aliphatic rings. The van der Waals surface area contributed by atoms with Crippen molar-refractivity contribution in [2.75, 3.05) is 7.05 Å². The number of benzene rings is 1. The summed E-state index contributed by atoms with van der Waals surface area (Å²) in [6.45, 7) is 0. The van der Waals surface area contributed by atoms with Gasteiger partial charge in [0.2, 0.25) is 0 Å². The van der Waals surface area contributed by atoms with Crippen molar-refractivity contribution in [2.24, 2.45) is 4.99 Å². The minimum Gasteiger partial charge on any atom is -1.00 e. The molecule has 1 saturated carbocycles. The number of nitrogens with one attached hydrogen (secondary N) is 1. The summed E-state index contributed by atoms with van der Waals surface area (Å²) in [6, 6.07) is 11.2. The standard InChI is InChI=1S/C15H22N2S.ClH/c1-16-15(17-14-10-6-3-7-11-14)18-12-13-8-4-2-5-9-13;/h2,4-5,8-9,14H,3,6-7,10-12H2,1H3,(H,16,17);1H/p-1. The lowest BCUT2D eigenvalue weighted by atomic mass is 9.96. The highest BCUT2D eigenvalue weighted by atomic mass is 35.5. The van der Waals surface area contributed by atoms with Crippen LogP contribution < -0.4 is 17.7 Å². The van der Waals surface area contributed by atoms with Gasteiger partial charge in [-0.05, 0) is 18.4 Å². The lowest BCUT2D eigenvalue weighted by Gasteiger charge is -2.24. The van der Waals surface area contributed by atoms with Crippen molar-refractivity contribution in [1.29, 1.82) is 0 Å². The van der Waals surface area contributed by atoms with Crippen LogP contribution in [-0.2, 0) is 5.75 Å². The Labute approximate surface area is 126 Å². The highest BCUT2D eigenvalue weighted by Gasteiger charge is 2.14. The SMILES string of the molecule is CN=C(NC1CCCCC1)SCc1ccccc1.[Cl-]. The number of hydrogen-bond acceptors (Lipinski definition) is 2. The molecule has 2 rings (SSSR count). The molecule has 0 spiro atoms. The molecule has 1 aromatic rings. The largest absolute Gasteiger partial charge is 1.00 e. The average Bonchev–Trinajstić information content (AvgIpc) is 2.45. The molecule has 4 heteroatoms. The summed E-state index contributed by atoms with van der Waals surface area (Å²) in [5, 5.41) is 4.68. The van der Waals surface area contributed by atoms with E-state index < -0.39 is 0 Å². The predicted octanol–water partition coefficient (Wildman–Crippen LogP) is 0.832. The van der Waals surface area contributed by atoms with Gasteiger partial charge < -0.3 is 17.7 Å². The Morgan fingerprint density at radius 1 is 1.21 bits per heavy atom. The van der Waals surface area contributed by atoms with Crippen LogP contribution in [0.4, 0.5) is 0 Å². The van der Waals surface area contributed by atoms with Gasteiger partial charge in [0.25, 0.3) is 0 Å². The average molecular weight is 298 g/mol. The molecule has 1 aliphatic carbocycles. The van der Waals surface area contributed by atoms with Crippen molar-refractivity contribution in [3.63, 3.8) is 0 Å². The molecule has 0 heterocycles. The lowest BCUT2D eigenvalue weighted by molar-refractivity contribution is -0.00000385. The van der Waals surface area contributed by atoms with Crippen LogP contribution >= 0.6 is 11.8 Å². The number of halogens is 1. The second kappa shape index (κ2) is 9.27.